The largest absolute Gasteiger partial charge is 0.463 e. The maximum absolute atomic E-state index is 12.0. The third-order valence-corrected chi connectivity index (χ3v) is 5.77. The fraction of sp³-hybridized carbons (Fsp3) is 0.692. The Morgan fingerprint density at radius 1 is 0.824 bits per heavy atom. The Hall–Kier alpha value is -2.00. The molecule has 34 heavy (non-hydrogen) atoms. The lowest BCUT2D eigenvalue weighted by molar-refractivity contribution is -0.159. The van der Waals surface area contributed by atoms with E-state index in [4.69, 9.17) is 4.74 Å². The average molecular weight is 482 g/mol. The van der Waals surface area contributed by atoms with Crippen LogP contribution in [-0.4, -0.2) is 69.9 Å². The monoisotopic (exact) mass is 481 g/mol. The molecule has 0 unspecified atom stereocenters. The summed E-state index contributed by atoms with van der Waals surface area (Å²) in [6, 6.07) is 8.87. The molecule has 1 rings (SSSR count). The van der Waals surface area contributed by atoms with Crippen LogP contribution in [0.2, 0.25) is 0 Å². The number of hydrogen-bond donors (Lipinski definition) is 5. The molecule has 0 saturated heterocycles. The van der Waals surface area contributed by atoms with Gasteiger partial charge in [-0.1, -0.05) is 95.0 Å². The number of amides is 1. The van der Waals surface area contributed by atoms with Gasteiger partial charge < -0.3 is 30.5 Å². The first-order valence-corrected chi connectivity index (χ1v) is 12.6. The molecule has 0 aliphatic heterocycles. The van der Waals surface area contributed by atoms with Crippen LogP contribution in [0.15, 0.2) is 30.3 Å². The van der Waals surface area contributed by atoms with E-state index in [1.54, 1.807) is 24.3 Å². The summed E-state index contributed by atoms with van der Waals surface area (Å²) in [6.45, 7) is 1.99. The molecule has 0 fully saturated rings. The standard InChI is InChI=1S/C26H43NO7/c1-2-3-4-5-6-7-8-9-10-14-17-27-26(33)25(32)24(31)23(30)21(28)19-34-22(29)18-20-15-12-11-13-16-20/h11-13,15-16,21,23-25,28,30-32H,2-10,14,17-19H2,1H3,(H,27,33)/t21-,23-,24+,25-/m1/s1. The van der Waals surface area contributed by atoms with Crippen LogP contribution in [0.5, 0.6) is 0 Å². The van der Waals surface area contributed by atoms with Crippen molar-refractivity contribution in [3.05, 3.63) is 35.9 Å². The number of rotatable bonds is 19. The number of nitrogens with one attached hydrogen (secondary N) is 1. The SMILES string of the molecule is CCCCCCCCCCCCNC(=O)[C@H](O)[C@@H](O)[C@H](O)[C@H](O)COC(=O)Cc1ccccc1. The molecular formula is C26H43NO7. The lowest BCUT2D eigenvalue weighted by atomic mass is 10.0. The molecule has 0 saturated carbocycles. The minimum atomic E-state index is -1.92. The minimum Gasteiger partial charge on any atom is -0.463 e. The van der Waals surface area contributed by atoms with Crippen LogP contribution >= 0.6 is 0 Å². The maximum atomic E-state index is 12.0. The first-order valence-electron chi connectivity index (χ1n) is 12.6. The molecular weight excluding hydrogens is 438 g/mol. The van der Waals surface area contributed by atoms with Crippen molar-refractivity contribution in [2.24, 2.45) is 0 Å². The number of benzene rings is 1. The van der Waals surface area contributed by atoms with E-state index in [0.29, 0.717) is 6.54 Å². The Kier molecular flexibility index (Phi) is 16.2. The first kappa shape index (κ1) is 30.0. The van der Waals surface area contributed by atoms with Crippen molar-refractivity contribution in [3.8, 4) is 0 Å². The molecule has 1 aromatic rings. The predicted octanol–water partition coefficient (Wildman–Crippen LogP) is 2.25. The van der Waals surface area contributed by atoms with Crippen molar-refractivity contribution in [2.45, 2.75) is 102 Å². The van der Waals surface area contributed by atoms with E-state index in [0.717, 1.165) is 24.8 Å². The zero-order valence-electron chi connectivity index (χ0n) is 20.4. The lowest BCUT2D eigenvalue weighted by Crippen LogP contribution is -2.52. The molecule has 0 aliphatic carbocycles. The quantitative estimate of drug-likeness (QED) is 0.151. The molecule has 8 nitrogen and oxygen atoms in total. The van der Waals surface area contributed by atoms with Crippen LogP contribution in [0.3, 0.4) is 0 Å². The highest BCUT2D eigenvalue weighted by Crippen LogP contribution is 2.11. The summed E-state index contributed by atoms with van der Waals surface area (Å²) in [5.41, 5.74) is 0.733. The zero-order chi connectivity index (χ0) is 25.2. The van der Waals surface area contributed by atoms with Crippen molar-refractivity contribution >= 4 is 11.9 Å². The second-order valence-corrected chi connectivity index (χ2v) is 8.81. The van der Waals surface area contributed by atoms with Crippen molar-refractivity contribution in [2.75, 3.05) is 13.2 Å². The summed E-state index contributed by atoms with van der Waals surface area (Å²) in [6.07, 6.45) is 4.27. The van der Waals surface area contributed by atoms with Crippen molar-refractivity contribution in [1.82, 2.24) is 5.32 Å². The molecule has 0 heterocycles. The van der Waals surface area contributed by atoms with Crippen LogP contribution in [-0.2, 0) is 20.7 Å². The number of esters is 1. The van der Waals surface area contributed by atoms with Crippen LogP contribution < -0.4 is 5.32 Å². The van der Waals surface area contributed by atoms with Gasteiger partial charge in [0.15, 0.2) is 6.10 Å². The highest BCUT2D eigenvalue weighted by atomic mass is 16.5. The van der Waals surface area contributed by atoms with Crippen molar-refractivity contribution < 1.29 is 34.8 Å². The number of carbonyl (C=O) groups is 2. The minimum absolute atomic E-state index is 0.00377. The molecule has 0 radical (unpaired) electrons. The predicted molar refractivity (Wildman–Crippen MR) is 130 cm³/mol. The molecule has 5 N–H and O–H groups in total. The molecule has 1 aromatic carbocycles. The zero-order valence-corrected chi connectivity index (χ0v) is 20.4. The molecule has 1 amide bonds. The van der Waals surface area contributed by atoms with Gasteiger partial charge in [0.05, 0.1) is 6.42 Å². The fourth-order valence-electron chi connectivity index (χ4n) is 3.59. The topological polar surface area (TPSA) is 136 Å². The van der Waals surface area contributed by atoms with Gasteiger partial charge in [0, 0.05) is 6.54 Å². The van der Waals surface area contributed by atoms with Crippen LogP contribution in [0.4, 0.5) is 0 Å². The number of hydrogen-bond acceptors (Lipinski definition) is 7. The summed E-state index contributed by atoms with van der Waals surface area (Å²) in [7, 11) is 0. The Balaban J connectivity index is 2.17. The van der Waals surface area contributed by atoms with Gasteiger partial charge in [-0.3, -0.25) is 9.59 Å². The van der Waals surface area contributed by atoms with Crippen molar-refractivity contribution in [3.63, 3.8) is 0 Å². The van der Waals surface area contributed by atoms with Gasteiger partial charge in [0.1, 0.15) is 24.9 Å². The van der Waals surface area contributed by atoms with Gasteiger partial charge >= 0.3 is 5.97 Å². The number of unbranched alkanes of at least 4 members (excludes halogenated alkanes) is 9. The smallest absolute Gasteiger partial charge is 0.310 e. The molecule has 0 spiro atoms. The summed E-state index contributed by atoms with van der Waals surface area (Å²) in [5, 5.41) is 42.6. The molecule has 4 atom stereocenters. The Morgan fingerprint density at radius 3 is 1.97 bits per heavy atom. The molecule has 8 heteroatoms. The Morgan fingerprint density at radius 2 is 1.38 bits per heavy atom. The average Bonchev–Trinajstić information content (AvgIpc) is 2.84. The van der Waals surface area contributed by atoms with Crippen LogP contribution in [0.25, 0.3) is 0 Å². The second-order valence-electron chi connectivity index (χ2n) is 8.81. The van der Waals surface area contributed by atoms with E-state index >= 15 is 0 Å². The van der Waals surface area contributed by atoms with E-state index in [2.05, 4.69) is 12.2 Å². The first-order chi connectivity index (χ1) is 16.4. The van der Waals surface area contributed by atoms with E-state index in [1.165, 1.54) is 44.9 Å². The lowest BCUT2D eigenvalue weighted by Gasteiger charge is -2.25. The number of ether oxygens (including phenoxy) is 1. The fourth-order valence-corrected chi connectivity index (χ4v) is 3.59. The van der Waals surface area contributed by atoms with E-state index < -0.39 is 42.9 Å². The van der Waals surface area contributed by atoms with Gasteiger partial charge in [0.25, 0.3) is 5.91 Å². The van der Waals surface area contributed by atoms with Crippen LogP contribution in [0.1, 0.15) is 76.7 Å². The van der Waals surface area contributed by atoms with Crippen LogP contribution in [0, 0.1) is 0 Å². The van der Waals surface area contributed by atoms with Crippen molar-refractivity contribution in [1.29, 1.82) is 0 Å². The van der Waals surface area contributed by atoms with Gasteiger partial charge in [-0.05, 0) is 12.0 Å². The highest BCUT2D eigenvalue weighted by Gasteiger charge is 2.34. The van der Waals surface area contributed by atoms with Gasteiger partial charge in [-0.25, -0.2) is 0 Å². The van der Waals surface area contributed by atoms with Gasteiger partial charge in [-0.2, -0.15) is 0 Å². The van der Waals surface area contributed by atoms with Gasteiger partial charge in [-0.15, -0.1) is 0 Å². The van der Waals surface area contributed by atoms with Gasteiger partial charge in [0.2, 0.25) is 0 Å². The molecule has 0 aliphatic rings. The third kappa shape index (κ3) is 13.0. The molecule has 0 bridgehead atoms. The molecule has 0 aromatic heterocycles. The van der Waals surface area contributed by atoms with E-state index in [9.17, 15) is 30.0 Å². The number of aliphatic hydroxyl groups is 4. The number of carbonyl (C=O) groups excluding carboxylic acids is 2. The Bertz CT molecular complexity index is 670. The number of aliphatic hydroxyl groups excluding tert-OH is 4. The van der Waals surface area contributed by atoms with E-state index in [1.807, 2.05) is 6.07 Å². The summed E-state index contributed by atoms with van der Waals surface area (Å²) >= 11 is 0. The Labute approximate surface area is 203 Å². The molecule has 194 valence electrons. The second kappa shape index (κ2) is 18.3. The third-order valence-electron chi connectivity index (χ3n) is 5.77. The normalized spacial score (nSPS) is 14.7. The van der Waals surface area contributed by atoms with E-state index in [-0.39, 0.29) is 6.42 Å². The summed E-state index contributed by atoms with van der Waals surface area (Å²) < 4.78 is 4.92. The highest BCUT2D eigenvalue weighted by molar-refractivity contribution is 5.81. The maximum Gasteiger partial charge on any atom is 0.310 e. The summed E-state index contributed by atoms with van der Waals surface area (Å²) in [5.74, 6) is -1.43. The summed E-state index contributed by atoms with van der Waals surface area (Å²) in [4.78, 5) is 23.9.